The molecule has 3 fully saturated rings. The van der Waals surface area contributed by atoms with Crippen LogP contribution in [0.25, 0.3) is 16.6 Å². The van der Waals surface area contributed by atoms with E-state index in [0.29, 0.717) is 49.2 Å². The molecular formula is C25H27N5O5. The van der Waals surface area contributed by atoms with Crippen molar-refractivity contribution in [1.29, 1.82) is 0 Å². The van der Waals surface area contributed by atoms with Gasteiger partial charge in [-0.25, -0.2) is 4.98 Å². The number of carbonyl (C=O) groups is 3. The van der Waals surface area contributed by atoms with Crippen LogP contribution in [0, 0.1) is 12.3 Å². The number of fused-ring (bicyclic) bond motifs is 3. The summed E-state index contributed by atoms with van der Waals surface area (Å²) in [6, 6.07) is 3.64. The molecule has 182 valence electrons. The Morgan fingerprint density at radius 3 is 2.71 bits per heavy atom. The van der Waals surface area contributed by atoms with Gasteiger partial charge >= 0.3 is 0 Å². The number of aryl methyl sites for hydroxylation is 1. The summed E-state index contributed by atoms with van der Waals surface area (Å²) in [4.78, 5) is 60.0. The third kappa shape index (κ3) is 3.46. The van der Waals surface area contributed by atoms with Crippen LogP contribution in [0.5, 0.6) is 0 Å². The molecule has 3 aliphatic heterocycles. The van der Waals surface area contributed by atoms with E-state index in [9.17, 15) is 19.2 Å². The van der Waals surface area contributed by atoms with Crippen LogP contribution in [0.2, 0.25) is 0 Å². The summed E-state index contributed by atoms with van der Waals surface area (Å²) in [5.41, 5.74) is 1.98. The van der Waals surface area contributed by atoms with E-state index >= 15 is 0 Å². The van der Waals surface area contributed by atoms with Gasteiger partial charge in [-0.3, -0.25) is 28.9 Å². The lowest BCUT2D eigenvalue weighted by Gasteiger charge is -2.38. The molecule has 5 heterocycles. The number of likely N-dealkylation sites (tertiary alicyclic amines) is 1. The van der Waals surface area contributed by atoms with Crippen LogP contribution < -0.4 is 10.9 Å². The normalized spacial score (nSPS) is 23.5. The minimum Gasteiger partial charge on any atom is -0.381 e. The van der Waals surface area contributed by atoms with Crippen LogP contribution in [-0.4, -0.2) is 63.3 Å². The molecule has 0 saturated carbocycles. The number of imidazole rings is 1. The molecule has 2 N–H and O–H groups in total. The van der Waals surface area contributed by atoms with Crippen LogP contribution in [0.15, 0.2) is 23.1 Å². The molecule has 1 spiro atoms. The molecule has 6 rings (SSSR count). The number of aromatic nitrogens is 3. The summed E-state index contributed by atoms with van der Waals surface area (Å²) in [6.07, 6.45) is 4.66. The van der Waals surface area contributed by atoms with Gasteiger partial charge in [-0.2, -0.15) is 0 Å². The van der Waals surface area contributed by atoms with Gasteiger partial charge in [0.15, 0.2) is 0 Å². The average Bonchev–Trinajstić information content (AvgIpc) is 3.41. The first-order valence-corrected chi connectivity index (χ1v) is 12.1. The summed E-state index contributed by atoms with van der Waals surface area (Å²) < 4.78 is 7.41. The van der Waals surface area contributed by atoms with Crippen molar-refractivity contribution < 1.29 is 19.1 Å². The summed E-state index contributed by atoms with van der Waals surface area (Å²) in [5.74, 6) is 0.262. The number of aromatic amines is 1. The lowest BCUT2D eigenvalue weighted by Crippen LogP contribution is -2.49. The van der Waals surface area contributed by atoms with Crippen molar-refractivity contribution in [2.75, 3.05) is 26.3 Å². The van der Waals surface area contributed by atoms with Gasteiger partial charge in [-0.1, -0.05) is 0 Å². The number of carbonyl (C=O) groups excluding carboxylic acids is 3. The molecule has 35 heavy (non-hydrogen) atoms. The maximum Gasteiger partial charge on any atom is 0.274 e. The number of piperidine rings is 1. The van der Waals surface area contributed by atoms with Crippen molar-refractivity contribution in [3.05, 3.63) is 45.6 Å². The highest BCUT2D eigenvalue weighted by molar-refractivity contribution is 6.06. The Labute approximate surface area is 200 Å². The molecule has 10 nitrogen and oxygen atoms in total. The van der Waals surface area contributed by atoms with E-state index in [0.717, 1.165) is 29.7 Å². The number of nitrogens with zero attached hydrogens (tertiary/aromatic N) is 3. The number of rotatable bonds is 2. The number of H-pyrrole nitrogens is 1. The number of ether oxygens (including phenoxy) is 1. The average molecular weight is 478 g/mol. The number of nitrogens with one attached hydrogen (secondary N) is 2. The molecule has 3 amide bonds. The molecule has 10 heteroatoms. The summed E-state index contributed by atoms with van der Waals surface area (Å²) in [7, 11) is 0. The van der Waals surface area contributed by atoms with Gasteiger partial charge in [0.1, 0.15) is 11.3 Å². The SMILES string of the molecule is Cc1cc2c(cc1C(=O)N1CCCC3(CC(=O)NC3=O)C1)[nH]c(=O)c1cnc(C3CCOCC3)n12. The van der Waals surface area contributed by atoms with E-state index in [-0.39, 0.29) is 42.2 Å². The second-order valence-corrected chi connectivity index (χ2v) is 10.0. The summed E-state index contributed by atoms with van der Waals surface area (Å²) in [6.45, 7) is 3.94. The highest BCUT2D eigenvalue weighted by Gasteiger charge is 2.49. The second-order valence-electron chi connectivity index (χ2n) is 10.0. The van der Waals surface area contributed by atoms with Gasteiger partial charge < -0.3 is 14.6 Å². The maximum absolute atomic E-state index is 13.6. The number of benzene rings is 1. The number of hydrogen-bond acceptors (Lipinski definition) is 6. The van der Waals surface area contributed by atoms with E-state index in [1.165, 1.54) is 0 Å². The largest absolute Gasteiger partial charge is 0.381 e. The predicted molar refractivity (Wildman–Crippen MR) is 126 cm³/mol. The minimum absolute atomic E-state index is 0.118. The summed E-state index contributed by atoms with van der Waals surface area (Å²) >= 11 is 0. The Hall–Kier alpha value is -3.53. The smallest absolute Gasteiger partial charge is 0.274 e. The van der Waals surface area contributed by atoms with E-state index in [2.05, 4.69) is 15.3 Å². The standard InChI is InChI=1S/C25H27N5O5/c1-14-9-18-17(27-22(32)19-12-26-21(30(18)19)15-3-7-35-8-4-15)10-16(14)23(33)29-6-2-5-25(13-29)11-20(31)28-24(25)34/h9-10,12,15H,2-8,11,13H2,1H3,(H,27,32)(H,28,31,34). The molecule has 0 radical (unpaired) electrons. The predicted octanol–water partition coefficient (Wildman–Crippen LogP) is 1.65. The van der Waals surface area contributed by atoms with Gasteiger partial charge in [0.05, 0.1) is 22.6 Å². The van der Waals surface area contributed by atoms with Gasteiger partial charge in [0.2, 0.25) is 11.8 Å². The van der Waals surface area contributed by atoms with E-state index < -0.39 is 5.41 Å². The van der Waals surface area contributed by atoms with Crippen LogP contribution in [0.1, 0.15) is 59.8 Å². The fourth-order valence-electron chi connectivity index (χ4n) is 5.91. The van der Waals surface area contributed by atoms with Crippen molar-refractivity contribution >= 4 is 34.3 Å². The van der Waals surface area contributed by atoms with Gasteiger partial charge in [0.25, 0.3) is 11.5 Å². The Morgan fingerprint density at radius 2 is 1.97 bits per heavy atom. The minimum atomic E-state index is -0.842. The summed E-state index contributed by atoms with van der Waals surface area (Å²) in [5, 5.41) is 2.39. The van der Waals surface area contributed by atoms with Gasteiger partial charge in [-0.05, 0) is 50.3 Å². The van der Waals surface area contributed by atoms with Crippen LogP contribution >= 0.6 is 0 Å². The van der Waals surface area contributed by atoms with Crippen LogP contribution in [-0.2, 0) is 14.3 Å². The Morgan fingerprint density at radius 1 is 1.17 bits per heavy atom. The van der Waals surface area contributed by atoms with E-state index in [1.807, 2.05) is 17.4 Å². The number of amides is 3. The first kappa shape index (κ1) is 22.0. The highest BCUT2D eigenvalue weighted by atomic mass is 16.5. The lowest BCUT2D eigenvalue weighted by atomic mass is 9.78. The third-order valence-corrected chi connectivity index (χ3v) is 7.77. The van der Waals surface area contributed by atoms with E-state index in [1.54, 1.807) is 17.2 Å². The fourth-order valence-corrected chi connectivity index (χ4v) is 5.91. The molecule has 2 aromatic heterocycles. The van der Waals surface area contributed by atoms with Crippen molar-refractivity contribution in [3.63, 3.8) is 0 Å². The monoisotopic (exact) mass is 477 g/mol. The molecule has 1 aromatic carbocycles. The number of imide groups is 1. The second kappa shape index (κ2) is 8.01. The highest BCUT2D eigenvalue weighted by Crippen LogP contribution is 2.38. The van der Waals surface area contributed by atoms with Crippen LogP contribution in [0.4, 0.5) is 0 Å². The molecule has 1 atom stereocenters. The molecule has 3 saturated heterocycles. The zero-order chi connectivity index (χ0) is 24.3. The van der Waals surface area contributed by atoms with Gasteiger partial charge in [-0.15, -0.1) is 0 Å². The Balaban J connectivity index is 1.40. The van der Waals surface area contributed by atoms with Crippen molar-refractivity contribution in [2.45, 2.75) is 44.9 Å². The zero-order valence-corrected chi connectivity index (χ0v) is 19.6. The fraction of sp³-hybridized carbons (Fsp3) is 0.480. The molecule has 0 aliphatic carbocycles. The Kier molecular flexibility index (Phi) is 5.03. The topological polar surface area (TPSA) is 126 Å². The quantitative estimate of drug-likeness (QED) is 0.541. The number of hydrogen-bond donors (Lipinski definition) is 2. The molecular weight excluding hydrogens is 450 g/mol. The maximum atomic E-state index is 13.6. The lowest BCUT2D eigenvalue weighted by molar-refractivity contribution is -0.130. The first-order chi connectivity index (χ1) is 16.9. The van der Waals surface area contributed by atoms with E-state index in [4.69, 9.17) is 4.74 Å². The van der Waals surface area contributed by atoms with Crippen LogP contribution in [0.3, 0.4) is 0 Å². The Bertz CT molecular complexity index is 1450. The molecule has 1 unspecified atom stereocenters. The van der Waals surface area contributed by atoms with Gasteiger partial charge in [0, 0.05) is 44.2 Å². The van der Waals surface area contributed by atoms with Crippen molar-refractivity contribution in [1.82, 2.24) is 24.6 Å². The molecule has 0 bridgehead atoms. The first-order valence-electron chi connectivity index (χ1n) is 12.1. The molecule has 3 aromatic rings. The molecule has 3 aliphatic rings. The van der Waals surface area contributed by atoms with Crippen molar-refractivity contribution in [3.8, 4) is 0 Å². The third-order valence-electron chi connectivity index (χ3n) is 7.77. The van der Waals surface area contributed by atoms with Crippen molar-refractivity contribution in [2.24, 2.45) is 5.41 Å². The zero-order valence-electron chi connectivity index (χ0n) is 19.6.